The van der Waals surface area contributed by atoms with Crippen molar-refractivity contribution in [2.45, 2.75) is 19.8 Å². The summed E-state index contributed by atoms with van der Waals surface area (Å²) in [4.78, 5) is 11.9. The van der Waals surface area contributed by atoms with E-state index in [9.17, 15) is 14.3 Å². The highest BCUT2D eigenvalue weighted by Gasteiger charge is 2.27. The van der Waals surface area contributed by atoms with Crippen molar-refractivity contribution in [3.8, 4) is 5.75 Å². The molecular formula is C14H19FN2O2. The van der Waals surface area contributed by atoms with Gasteiger partial charge in [0.25, 0.3) is 5.91 Å². The number of nitrogens with one attached hydrogen (secondary N) is 2. The molecule has 1 aromatic rings. The Morgan fingerprint density at radius 1 is 1.58 bits per heavy atom. The van der Waals surface area contributed by atoms with Gasteiger partial charge in [-0.15, -0.1) is 0 Å². The van der Waals surface area contributed by atoms with E-state index < -0.39 is 11.7 Å². The van der Waals surface area contributed by atoms with Gasteiger partial charge in [-0.1, -0.05) is 6.92 Å². The van der Waals surface area contributed by atoms with Crippen LogP contribution in [0.1, 0.15) is 30.1 Å². The molecule has 1 amide bonds. The average molecular weight is 266 g/mol. The first-order chi connectivity index (χ1) is 9.00. The highest BCUT2D eigenvalue weighted by Crippen LogP contribution is 2.25. The van der Waals surface area contributed by atoms with Gasteiger partial charge in [-0.3, -0.25) is 4.79 Å². The molecule has 1 atom stereocenters. The van der Waals surface area contributed by atoms with Gasteiger partial charge in [0, 0.05) is 13.1 Å². The zero-order chi connectivity index (χ0) is 13.9. The van der Waals surface area contributed by atoms with Gasteiger partial charge in [0.05, 0.1) is 5.56 Å². The molecule has 1 fully saturated rings. The van der Waals surface area contributed by atoms with Gasteiger partial charge in [0.15, 0.2) is 0 Å². The fourth-order valence-corrected chi connectivity index (χ4v) is 2.35. The molecule has 1 aliphatic rings. The standard InChI is InChI=1S/C14H19FN2O2/c1-14(5-2-6-16-8-14)9-17-13(19)11-7-10(15)3-4-12(11)18/h3-4,7,16,18H,2,5-6,8-9H2,1H3,(H,17,19). The van der Waals surface area contributed by atoms with Crippen molar-refractivity contribution in [3.05, 3.63) is 29.6 Å². The second kappa shape index (κ2) is 5.57. The van der Waals surface area contributed by atoms with Crippen molar-refractivity contribution >= 4 is 5.91 Å². The third-order valence-electron chi connectivity index (χ3n) is 3.56. The van der Waals surface area contributed by atoms with E-state index in [-0.39, 0.29) is 16.7 Å². The molecule has 1 aliphatic heterocycles. The van der Waals surface area contributed by atoms with Crippen LogP contribution in [0.4, 0.5) is 4.39 Å². The second-order valence-corrected chi connectivity index (χ2v) is 5.44. The van der Waals surface area contributed by atoms with E-state index in [1.165, 1.54) is 6.07 Å². The summed E-state index contributed by atoms with van der Waals surface area (Å²) in [5, 5.41) is 15.6. The maximum absolute atomic E-state index is 13.1. The normalized spacial score (nSPS) is 23.1. The van der Waals surface area contributed by atoms with E-state index in [1.807, 2.05) is 0 Å². The number of phenols is 1. The van der Waals surface area contributed by atoms with E-state index in [1.54, 1.807) is 0 Å². The van der Waals surface area contributed by atoms with Gasteiger partial charge < -0.3 is 15.7 Å². The van der Waals surface area contributed by atoms with Crippen LogP contribution in [0, 0.1) is 11.2 Å². The maximum atomic E-state index is 13.1. The minimum Gasteiger partial charge on any atom is -0.507 e. The number of piperidine rings is 1. The second-order valence-electron chi connectivity index (χ2n) is 5.44. The number of amides is 1. The Kier molecular flexibility index (Phi) is 4.04. The predicted molar refractivity (Wildman–Crippen MR) is 70.6 cm³/mol. The van der Waals surface area contributed by atoms with Crippen molar-refractivity contribution in [1.82, 2.24) is 10.6 Å². The number of rotatable bonds is 3. The largest absolute Gasteiger partial charge is 0.507 e. The molecule has 1 saturated heterocycles. The Bertz CT molecular complexity index is 471. The monoisotopic (exact) mass is 266 g/mol. The lowest BCUT2D eigenvalue weighted by molar-refractivity contribution is 0.0921. The van der Waals surface area contributed by atoms with Crippen LogP contribution in [0.3, 0.4) is 0 Å². The molecule has 0 saturated carbocycles. The first-order valence-corrected chi connectivity index (χ1v) is 6.48. The van der Waals surface area contributed by atoms with Crippen LogP contribution >= 0.6 is 0 Å². The van der Waals surface area contributed by atoms with Crippen LogP contribution in [0.25, 0.3) is 0 Å². The van der Waals surface area contributed by atoms with Crippen molar-refractivity contribution in [3.63, 3.8) is 0 Å². The smallest absolute Gasteiger partial charge is 0.255 e. The van der Waals surface area contributed by atoms with Crippen LogP contribution in [0.2, 0.25) is 0 Å². The summed E-state index contributed by atoms with van der Waals surface area (Å²) in [5.74, 6) is -1.18. The molecule has 2 rings (SSSR count). The fourth-order valence-electron chi connectivity index (χ4n) is 2.35. The summed E-state index contributed by atoms with van der Waals surface area (Å²) in [6, 6.07) is 3.36. The number of halogens is 1. The van der Waals surface area contributed by atoms with E-state index in [0.717, 1.165) is 38.1 Å². The van der Waals surface area contributed by atoms with E-state index in [4.69, 9.17) is 0 Å². The van der Waals surface area contributed by atoms with Crippen molar-refractivity contribution in [2.75, 3.05) is 19.6 Å². The lowest BCUT2D eigenvalue weighted by Gasteiger charge is -2.34. The molecule has 104 valence electrons. The van der Waals surface area contributed by atoms with E-state index in [0.29, 0.717) is 6.54 Å². The molecular weight excluding hydrogens is 247 g/mol. The van der Waals surface area contributed by atoms with Crippen LogP contribution < -0.4 is 10.6 Å². The fraction of sp³-hybridized carbons (Fsp3) is 0.500. The summed E-state index contributed by atoms with van der Waals surface area (Å²) in [6.45, 7) is 4.47. The molecule has 4 nitrogen and oxygen atoms in total. The number of phenolic OH excluding ortho intramolecular Hbond substituents is 1. The SMILES string of the molecule is CC1(CNC(=O)c2cc(F)ccc2O)CCCNC1. The zero-order valence-corrected chi connectivity index (χ0v) is 11.0. The van der Waals surface area contributed by atoms with Gasteiger partial charge in [-0.25, -0.2) is 4.39 Å². The van der Waals surface area contributed by atoms with Crippen LogP contribution in [-0.2, 0) is 0 Å². The quantitative estimate of drug-likeness (QED) is 0.779. The Morgan fingerprint density at radius 2 is 2.37 bits per heavy atom. The topological polar surface area (TPSA) is 61.4 Å². The molecule has 19 heavy (non-hydrogen) atoms. The molecule has 0 bridgehead atoms. The third kappa shape index (κ3) is 3.44. The molecule has 0 spiro atoms. The van der Waals surface area contributed by atoms with Gasteiger partial charge >= 0.3 is 0 Å². The van der Waals surface area contributed by atoms with Crippen LogP contribution in [0.5, 0.6) is 5.75 Å². The minimum atomic E-state index is -0.534. The summed E-state index contributed by atoms with van der Waals surface area (Å²) >= 11 is 0. The predicted octanol–water partition coefficient (Wildman–Crippen LogP) is 1.65. The van der Waals surface area contributed by atoms with E-state index in [2.05, 4.69) is 17.6 Å². The first-order valence-electron chi connectivity index (χ1n) is 6.48. The van der Waals surface area contributed by atoms with Crippen LogP contribution in [0.15, 0.2) is 18.2 Å². The summed E-state index contributed by atoms with van der Waals surface area (Å²) < 4.78 is 13.1. The van der Waals surface area contributed by atoms with Crippen molar-refractivity contribution < 1.29 is 14.3 Å². The number of hydrogen-bond acceptors (Lipinski definition) is 3. The molecule has 0 aromatic heterocycles. The Hall–Kier alpha value is -1.62. The third-order valence-corrected chi connectivity index (χ3v) is 3.56. The van der Waals surface area contributed by atoms with Gasteiger partial charge in [0.2, 0.25) is 0 Å². The molecule has 1 aromatic carbocycles. The summed E-state index contributed by atoms with van der Waals surface area (Å²) in [7, 11) is 0. The number of benzene rings is 1. The molecule has 0 aliphatic carbocycles. The van der Waals surface area contributed by atoms with Crippen molar-refractivity contribution in [2.24, 2.45) is 5.41 Å². The highest BCUT2D eigenvalue weighted by molar-refractivity contribution is 5.96. The average Bonchev–Trinajstić information content (AvgIpc) is 2.40. The maximum Gasteiger partial charge on any atom is 0.255 e. The van der Waals surface area contributed by atoms with Crippen LogP contribution in [-0.4, -0.2) is 30.6 Å². The number of carbonyl (C=O) groups is 1. The zero-order valence-electron chi connectivity index (χ0n) is 11.0. The molecule has 3 N–H and O–H groups in total. The van der Waals surface area contributed by atoms with E-state index >= 15 is 0 Å². The Balaban J connectivity index is 1.99. The lowest BCUT2D eigenvalue weighted by atomic mass is 9.83. The van der Waals surface area contributed by atoms with Gasteiger partial charge in [0.1, 0.15) is 11.6 Å². The molecule has 1 heterocycles. The molecule has 1 unspecified atom stereocenters. The summed E-state index contributed by atoms with van der Waals surface area (Å²) in [6.07, 6.45) is 2.12. The lowest BCUT2D eigenvalue weighted by Crippen LogP contribution is -2.45. The molecule has 0 radical (unpaired) electrons. The van der Waals surface area contributed by atoms with Gasteiger partial charge in [-0.05, 0) is 43.0 Å². The summed E-state index contributed by atoms with van der Waals surface area (Å²) in [5.41, 5.74) is -0.0102. The van der Waals surface area contributed by atoms with Gasteiger partial charge in [-0.2, -0.15) is 0 Å². The Labute approximate surface area is 112 Å². The first kappa shape index (κ1) is 13.8. The minimum absolute atomic E-state index is 0.0108. The van der Waals surface area contributed by atoms with Crippen molar-refractivity contribution in [1.29, 1.82) is 0 Å². The number of hydrogen-bond donors (Lipinski definition) is 3. The number of aromatic hydroxyl groups is 1. The Morgan fingerprint density at radius 3 is 3.05 bits per heavy atom. The number of carbonyl (C=O) groups excluding carboxylic acids is 1. The highest BCUT2D eigenvalue weighted by atomic mass is 19.1. The molecule has 5 heteroatoms.